The van der Waals surface area contributed by atoms with Gasteiger partial charge in [0.25, 0.3) is 5.56 Å². The van der Waals surface area contributed by atoms with Crippen molar-refractivity contribution < 1.29 is 4.79 Å². The fourth-order valence-electron chi connectivity index (χ4n) is 3.39. The van der Waals surface area contributed by atoms with Gasteiger partial charge in [-0.2, -0.15) is 5.10 Å². The van der Waals surface area contributed by atoms with Crippen LogP contribution in [-0.4, -0.2) is 15.7 Å². The van der Waals surface area contributed by atoms with E-state index in [4.69, 9.17) is 0 Å². The molecule has 1 amide bonds. The summed E-state index contributed by atoms with van der Waals surface area (Å²) >= 11 is 1.60. The Hall–Kier alpha value is -3.25. The van der Waals surface area contributed by atoms with Crippen LogP contribution in [0.25, 0.3) is 21.3 Å². The number of aryl methyl sites for hydroxylation is 1. The standard InChI is InChI=1S/C23H21N3O2S/c1-15-10-12-21(29-15)20-11-13-23(28)26(25-20)14-22(27)24-16(2)18-9-5-7-17-6-3-4-8-19(17)18/h3-13,16H,14H2,1-2H3,(H,24,27). The third kappa shape index (κ3) is 4.12. The second-order valence-corrected chi connectivity index (χ2v) is 8.27. The first-order valence-electron chi connectivity index (χ1n) is 9.43. The average Bonchev–Trinajstić information content (AvgIpc) is 3.15. The summed E-state index contributed by atoms with van der Waals surface area (Å²) < 4.78 is 1.22. The van der Waals surface area contributed by atoms with Crippen LogP contribution in [0.3, 0.4) is 0 Å². The van der Waals surface area contributed by atoms with E-state index in [1.165, 1.54) is 15.6 Å². The second kappa shape index (κ2) is 8.01. The van der Waals surface area contributed by atoms with Crippen molar-refractivity contribution in [1.82, 2.24) is 15.1 Å². The highest BCUT2D eigenvalue weighted by Crippen LogP contribution is 2.25. The number of nitrogens with zero attached hydrogens (tertiary/aromatic N) is 2. The number of amides is 1. The van der Waals surface area contributed by atoms with Crippen LogP contribution in [0.1, 0.15) is 23.4 Å². The summed E-state index contributed by atoms with van der Waals surface area (Å²) in [4.78, 5) is 27.0. The zero-order valence-corrected chi connectivity index (χ0v) is 17.1. The molecule has 146 valence electrons. The molecule has 0 spiro atoms. The topological polar surface area (TPSA) is 64.0 Å². The molecule has 0 aliphatic carbocycles. The zero-order valence-electron chi connectivity index (χ0n) is 16.3. The maximum atomic E-state index is 12.6. The van der Waals surface area contributed by atoms with Crippen molar-refractivity contribution in [3.05, 3.63) is 87.5 Å². The molecule has 29 heavy (non-hydrogen) atoms. The third-order valence-electron chi connectivity index (χ3n) is 4.82. The quantitative estimate of drug-likeness (QED) is 0.540. The molecule has 0 aliphatic rings. The van der Waals surface area contributed by atoms with Crippen LogP contribution in [-0.2, 0) is 11.3 Å². The zero-order chi connectivity index (χ0) is 20.4. The summed E-state index contributed by atoms with van der Waals surface area (Å²) in [6.07, 6.45) is 0. The lowest BCUT2D eigenvalue weighted by molar-refractivity contribution is -0.122. The lowest BCUT2D eigenvalue weighted by Crippen LogP contribution is -2.34. The Morgan fingerprint density at radius 2 is 1.86 bits per heavy atom. The predicted octanol–water partition coefficient (Wildman–Crippen LogP) is 4.31. The highest BCUT2D eigenvalue weighted by Gasteiger charge is 2.14. The van der Waals surface area contributed by atoms with Crippen molar-refractivity contribution in [1.29, 1.82) is 0 Å². The number of rotatable bonds is 5. The van der Waals surface area contributed by atoms with Crippen molar-refractivity contribution in [2.75, 3.05) is 0 Å². The predicted molar refractivity (Wildman–Crippen MR) is 117 cm³/mol. The van der Waals surface area contributed by atoms with Gasteiger partial charge in [-0.1, -0.05) is 42.5 Å². The molecular weight excluding hydrogens is 382 g/mol. The third-order valence-corrected chi connectivity index (χ3v) is 5.84. The summed E-state index contributed by atoms with van der Waals surface area (Å²) in [5, 5.41) is 9.60. The fourth-order valence-corrected chi connectivity index (χ4v) is 4.23. The molecule has 1 unspecified atom stereocenters. The average molecular weight is 404 g/mol. The van der Waals surface area contributed by atoms with Crippen LogP contribution in [0.15, 0.2) is 71.5 Å². The molecule has 0 bridgehead atoms. The van der Waals surface area contributed by atoms with E-state index in [9.17, 15) is 9.59 Å². The van der Waals surface area contributed by atoms with E-state index < -0.39 is 0 Å². The molecule has 4 rings (SSSR count). The monoisotopic (exact) mass is 403 g/mol. The van der Waals surface area contributed by atoms with Gasteiger partial charge in [0.15, 0.2) is 0 Å². The maximum Gasteiger partial charge on any atom is 0.267 e. The highest BCUT2D eigenvalue weighted by atomic mass is 32.1. The summed E-state index contributed by atoms with van der Waals surface area (Å²) in [7, 11) is 0. The summed E-state index contributed by atoms with van der Waals surface area (Å²) in [6, 6.07) is 21.1. The first kappa shape index (κ1) is 19.1. The molecule has 0 saturated carbocycles. The van der Waals surface area contributed by atoms with Crippen LogP contribution in [0.4, 0.5) is 0 Å². The first-order chi connectivity index (χ1) is 14.0. The molecule has 0 aliphatic heterocycles. The summed E-state index contributed by atoms with van der Waals surface area (Å²) in [5.41, 5.74) is 1.44. The number of fused-ring (bicyclic) bond motifs is 1. The van der Waals surface area contributed by atoms with Gasteiger partial charge in [0.1, 0.15) is 12.2 Å². The van der Waals surface area contributed by atoms with Crippen LogP contribution < -0.4 is 10.9 Å². The van der Waals surface area contributed by atoms with Crippen molar-refractivity contribution in [2.24, 2.45) is 0 Å². The Morgan fingerprint density at radius 3 is 2.66 bits per heavy atom. The lowest BCUT2D eigenvalue weighted by atomic mass is 10.00. The van der Waals surface area contributed by atoms with Gasteiger partial charge in [-0.15, -0.1) is 11.3 Å². The fraction of sp³-hybridized carbons (Fsp3) is 0.174. The van der Waals surface area contributed by atoms with E-state index in [0.717, 1.165) is 21.2 Å². The van der Waals surface area contributed by atoms with Gasteiger partial charge in [0, 0.05) is 10.9 Å². The molecule has 0 fully saturated rings. The minimum Gasteiger partial charge on any atom is -0.348 e. The SMILES string of the molecule is Cc1ccc(-c2ccc(=O)n(CC(=O)NC(C)c3cccc4ccccc34)n2)s1. The molecular formula is C23H21N3O2S. The van der Waals surface area contributed by atoms with Crippen molar-refractivity contribution in [3.63, 3.8) is 0 Å². The van der Waals surface area contributed by atoms with Gasteiger partial charge in [0.05, 0.1) is 10.9 Å². The number of hydrogen-bond donors (Lipinski definition) is 1. The van der Waals surface area contributed by atoms with Gasteiger partial charge in [-0.25, -0.2) is 4.68 Å². The van der Waals surface area contributed by atoms with Crippen LogP contribution in [0.2, 0.25) is 0 Å². The molecule has 1 atom stereocenters. The van der Waals surface area contributed by atoms with E-state index in [1.54, 1.807) is 17.4 Å². The van der Waals surface area contributed by atoms with Crippen LogP contribution >= 0.6 is 11.3 Å². The van der Waals surface area contributed by atoms with E-state index in [1.807, 2.05) is 56.3 Å². The van der Waals surface area contributed by atoms with Gasteiger partial charge in [-0.05, 0) is 48.4 Å². The molecule has 2 aromatic carbocycles. The molecule has 2 aromatic heterocycles. The molecule has 5 nitrogen and oxygen atoms in total. The van der Waals surface area contributed by atoms with Crippen LogP contribution in [0.5, 0.6) is 0 Å². The molecule has 1 N–H and O–H groups in total. The Bertz CT molecular complexity index is 1240. The number of hydrogen-bond acceptors (Lipinski definition) is 4. The molecule has 2 heterocycles. The largest absolute Gasteiger partial charge is 0.348 e. The van der Waals surface area contributed by atoms with E-state index in [0.29, 0.717) is 5.69 Å². The molecule has 0 radical (unpaired) electrons. The first-order valence-corrected chi connectivity index (χ1v) is 10.2. The number of nitrogens with one attached hydrogen (secondary N) is 1. The van der Waals surface area contributed by atoms with Crippen molar-refractivity contribution in [3.8, 4) is 10.6 Å². The summed E-state index contributed by atoms with van der Waals surface area (Å²) in [5.74, 6) is -0.250. The van der Waals surface area contributed by atoms with Crippen molar-refractivity contribution in [2.45, 2.75) is 26.4 Å². The minimum absolute atomic E-state index is 0.119. The molecule has 0 saturated heterocycles. The van der Waals surface area contributed by atoms with Gasteiger partial charge < -0.3 is 5.32 Å². The highest BCUT2D eigenvalue weighted by molar-refractivity contribution is 7.15. The molecule has 4 aromatic rings. The van der Waals surface area contributed by atoms with E-state index in [2.05, 4.69) is 22.5 Å². The van der Waals surface area contributed by atoms with E-state index in [-0.39, 0.29) is 24.1 Å². The van der Waals surface area contributed by atoms with Crippen molar-refractivity contribution >= 4 is 28.0 Å². The normalized spacial score (nSPS) is 12.1. The maximum absolute atomic E-state index is 12.6. The Balaban J connectivity index is 1.53. The number of aromatic nitrogens is 2. The summed E-state index contributed by atoms with van der Waals surface area (Å²) in [6.45, 7) is 3.85. The minimum atomic E-state index is -0.296. The smallest absolute Gasteiger partial charge is 0.267 e. The van der Waals surface area contributed by atoms with Gasteiger partial charge in [0.2, 0.25) is 5.91 Å². The second-order valence-electron chi connectivity index (χ2n) is 6.98. The Morgan fingerprint density at radius 1 is 1.07 bits per heavy atom. The molecule has 6 heteroatoms. The number of benzene rings is 2. The number of carbonyl (C=O) groups is 1. The number of thiophene rings is 1. The Kier molecular flexibility index (Phi) is 5.27. The lowest BCUT2D eigenvalue weighted by Gasteiger charge is -2.17. The Labute approximate surface area is 172 Å². The number of carbonyl (C=O) groups excluding carboxylic acids is 1. The van der Waals surface area contributed by atoms with Gasteiger partial charge in [-0.3, -0.25) is 9.59 Å². The van der Waals surface area contributed by atoms with Crippen LogP contribution in [0, 0.1) is 6.92 Å². The van der Waals surface area contributed by atoms with E-state index >= 15 is 0 Å². The van der Waals surface area contributed by atoms with Gasteiger partial charge >= 0.3 is 0 Å².